The Balaban J connectivity index is 3.39. The summed E-state index contributed by atoms with van der Waals surface area (Å²) in [6.07, 6.45) is 2.68. The fourth-order valence-electron chi connectivity index (χ4n) is 2.56. The molecule has 0 fully saturated rings. The van der Waals surface area contributed by atoms with Gasteiger partial charge in [0.2, 0.25) is 0 Å². The normalized spacial score (nSPS) is 22.7. The Morgan fingerprint density at radius 3 is 2.48 bits per heavy atom. The van der Waals surface area contributed by atoms with Crippen LogP contribution in [0.5, 0.6) is 0 Å². The Bertz CT molecular complexity index is 606. The van der Waals surface area contributed by atoms with E-state index in [9.17, 15) is 26.4 Å². The molecule has 0 saturated carbocycles. The first-order valence-corrected chi connectivity index (χ1v) is 8.31. The van der Waals surface area contributed by atoms with Crippen molar-refractivity contribution in [2.45, 2.75) is 44.5 Å². The lowest BCUT2D eigenvalue weighted by atomic mass is 9.76. The van der Waals surface area contributed by atoms with Crippen LogP contribution in [0.2, 0.25) is 0 Å². The van der Waals surface area contributed by atoms with Crippen LogP contribution >= 0.6 is 0 Å². The second-order valence-corrected chi connectivity index (χ2v) is 7.04. The van der Waals surface area contributed by atoms with E-state index in [4.69, 9.17) is 4.74 Å². The molecule has 0 aliphatic heterocycles. The molecule has 1 aliphatic carbocycles. The van der Waals surface area contributed by atoms with Crippen molar-refractivity contribution < 1.29 is 35.3 Å². The van der Waals surface area contributed by atoms with E-state index in [0.717, 1.165) is 7.11 Å². The standard InChI is InChI=1S/C14H19F3O5S/c1-10(2)9-13(12(18)21-3)8-6-4-5-7-11(13)22-23(19,20)14(15,16)17/h7H,1,4-6,8-9H2,2-3H3. The zero-order valence-corrected chi connectivity index (χ0v) is 13.7. The summed E-state index contributed by atoms with van der Waals surface area (Å²) in [5, 5.41) is 0. The highest BCUT2D eigenvalue weighted by Crippen LogP contribution is 2.45. The van der Waals surface area contributed by atoms with Crippen LogP contribution < -0.4 is 0 Å². The van der Waals surface area contributed by atoms with Gasteiger partial charge in [0, 0.05) is 0 Å². The number of hydrogen-bond acceptors (Lipinski definition) is 5. The van der Waals surface area contributed by atoms with Crippen molar-refractivity contribution in [3.8, 4) is 0 Å². The highest BCUT2D eigenvalue weighted by Gasteiger charge is 2.53. The molecule has 0 N–H and O–H groups in total. The van der Waals surface area contributed by atoms with Crippen molar-refractivity contribution in [1.82, 2.24) is 0 Å². The molecule has 0 aromatic carbocycles. The van der Waals surface area contributed by atoms with Crippen LogP contribution in [0.4, 0.5) is 13.2 Å². The van der Waals surface area contributed by atoms with Gasteiger partial charge in [-0.05, 0) is 38.7 Å². The molecule has 1 rings (SSSR count). The zero-order chi connectivity index (χ0) is 17.9. The molecule has 0 bridgehead atoms. The predicted molar refractivity (Wildman–Crippen MR) is 76.5 cm³/mol. The van der Waals surface area contributed by atoms with Gasteiger partial charge in [0.15, 0.2) is 0 Å². The molecule has 1 aliphatic rings. The molecular weight excluding hydrogens is 337 g/mol. The lowest BCUT2D eigenvalue weighted by molar-refractivity contribution is -0.152. The Kier molecular flexibility index (Phi) is 5.89. The Labute approximate surface area is 133 Å². The molecule has 1 unspecified atom stereocenters. The average Bonchev–Trinajstić information content (AvgIpc) is 2.59. The molecule has 0 radical (unpaired) electrons. The molecule has 0 aromatic heterocycles. The number of rotatable bonds is 5. The van der Waals surface area contributed by atoms with Gasteiger partial charge in [-0.2, -0.15) is 21.6 Å². The van der Waals surface area contributed by atoms with Gasteiger partial charge in [-0.15, -0.1) is 6.58 Å². The van der Waals surface area contributed by atoms with Crippen molar-refractivity contribution in [1.29, 1.82) is 0 Å². The first-order chi connectivity index (χ1) is 10.5. The first-order valence-electron chi connectivity index (χ1n) is 6.90. The Hall–Kier alpha value is -1.51. The van der Waals surface area contributed by atoms with E-state index in [0.29, 0.717) is 24.8 Å². The summed E-state index contributed by atoms with van der Waals surface area (Å²) in [7, 11) is -4.78. The molecule has 0 amide bonds. The summed E-state index contributed by atoms with van der Waals surface area (Å²) < 4.78 is 69.6. The van der Waals surface area contributed by atoms with Gasteiger partial charge in [-0.1, -0.05) is 12.0 Å². The van der Waals surface area contributed by atoms with E-state index < -0.39 is 32.8 Å². The predicted octanol–water partition coefficient (Wildman–Crippen LogP) is 3.44. The van der Waals surface area contributed by atoms with Crippen LogP contribution in [0.1, 0.15) is 39.0 Å². The van der Waals surface area contributed by atoms with E-state index in [1.807, 2.05) is 0 Å². The highest BCUT2D eigenvalue weighted by atomic mass is 32.2. The van der Waals surface area contributed by atoms with Gasteiger partial charge in [-0.3, -0.25) is 4.79 Å². The molecule has 5 nitrogen and oxygen atoms in total. The van der Waals surface area contributed by atoms with E-state index in [2.05, 4.69) is 10.8 Å². The van der Waals surface area contributed by atoms with Crippen molar-refractivity contribution in [3.05, 3.63) is 24.0 Å². The molecular formula is C14H19F3O5S. The number of halogens is 3. The lowest BCUT2D eigenvalue weighted by Crippen LogP contribution is -2.38. The maximum atomic E-state index is 12.6. The topological polar surface area (TPSA) is 69.7 Å². The second-order valence-electron chi connectivity index (χ2n) is 5.50. The number of methoxy groups -OCH3 is 1. The van der Waals surface area contributed by atoms with Crippen molar-refractivity contribution in [3.63, 3.8) is 0 Å². The summed E-state index contributed by atoms with van der Waals surface area (Å²) in [6.45, 7) is 5.25. The van der Waals surface area contributed by atoms with Gasteiger partial charge in [0.05, 0.1) is 7.11 Å². The third-order valence-corrected chi connectivity index (χ3v) is 4.49. The maximum Gasteiger partial charge on any atom is 0.534 e. The van der Waals surface area contributed by atoms with E-state index in [-0.39, 0.29) is 12.8 Å². The third-order valence-electron chi connectivity index (χ3n) is 3.52. The summed E-state index contributed by atoms with van der Waals surface area (Å²) in [4.78, 5) is 12.3. The fraction of sp³-hybridized carbons (Fsp3) is 0.643. The van der Waals surface area contributed by atoms with Gasteiger partial charge >= 0.3 is 21.6 Å². The largest absolute Gasteiger partial charge is 0.534 e. The highest BCUT2D eigenvalue weighted by molar-refractivity contribution is 7.87. The average molecular weight is 356 g/mol. The molecule has 0 heterocycles. The minimum absolute atomic E-state index is 0.0567. The summed E-state index contributed by atoms with van der Waals surface area (Å²) in [5.74, 6) is -1.38. The van der Waals surface area contributed by atoms with Crippen molar-refractivity contribution in [2.75, 3.05) is 7.11 Å². The van der Waals surface area contributed by atoms with E-state index in [1.165, 1.54) is 6.08 Å². The van der Waals surface area contributed by atoms with Gasteiger partial charge < -0.3 is 8.92 Å². The van der Waals surface area contributed by atoms with Gasteiger partial charge in [0.1, 0.15) is 11.2 Å². The summed E-state index contributed by atoms with van der Waals surface area (Å²) in [5.41, 5.74) is -6.70. The zero-order valence-electron chi connectivity index (χ0n) is 12.9. The maximum absolute atomic E-state index is 12.6. The molecule has 132 valence electrons. The van der Waals surface area contributed by atoms with Crippen LogP contribution in [0, 0.1) is 5.41 Å². The van der Waals surface area contributed by atoms with E-state index in [1.54, 1.807) is 6.92 Å². The lowest BCUT2D eigenvalue weighted by Gasteiger charge is -2.32. The molecule has 0 saturated heterocycles. The Morgan fingerprint density at radius 2 is 2.00 bits per heavy atom. The van der Waals surface area contributed by atoms with Crippen LogP contribution in [-0.2, 0) is 23.8 Å². The number of hydrogen-bond donors (Lipinski definition) is 0. The van der Waals surface area contributed by atoms with Crippen LogP contribution in [0.15, 0.2) is 24.0 Å². The second kappa shape index (κ2) is 6.94. The molecule has 0 aromatic rings. The number of carbonyl (C=O) groups is 1. The van der Waals surface area contributed by atoms with Gasteiger partial charge in [-0.25, -0.2) is 0 Å². The van der Waals surface area contributed by atoms with Crippen molar-refractivity contribution in [2.24, 2.45) is 5.41 Å². The minimum atomic E-state index is -5.87. The first kappa shape index (κ1) is 19.5. The van der Waals surface area contributed by atoms with Crippen LogP contribution in [0.3, 0.4) is 0 Å². The fourth-order valence-corrected chi connectivity index (χ4v) is 3.12. The Morgan fingerprint density at radius 1 is 1.39 bits per heavy atom. The number of esters is 1. The number of ether oxygens (including phenoxy) is 1. The molecule has 23 heavy (non-hydrogen) atoms. The SMILES string of the molecule is C=C(C)CC1(C(=O)OC)CCCCC=C1OS(=O)(=O)C(F)(F)F. The minimum Gasteiger partial charge on any atom is -0.468 e. The molecule has 0 spiro atoms. The van der Waals surface area contributed by atoms with E-state index >= 15 is 0 Å². The summed E-state index contributed by atoms with van der Waals surface area (Å²) in [6, 6.07) is 0. The molecule has 1 atom stereocenters. The third kappa shape index (κ3) is 4.27. The van der Waals surface area contributed by atoms with Crippen LogP contribution in [0.25, 0.3) is 0 Å². The van der Waals surface area contributed by atoms with Crippen molar-refractivity contribution >= 4 is 16.1 Å². The smallest absolute Gasteiger partial charge is 0.468 e. The quantitative estimate of drug-likeness (QED) is 0.327. The number of carbonyl (C=O) groups excluding carboxylic acids is 1. The number of alkyl halides is 3. The molecule has 9 heteroatoms. The van der Waals surface area contributed by atoms with Gasteiger partial charge in [0.25, 0.3) is 0 Å². The monoisotopic (exact) mass is 356 g/mol. The van der Waals surface area contributed by atoms with Crippen LogP contribution in [-0.4, -0.2) is 27.0 Å². The summed E-state index contributed by atoms with van der Waals surface area (Å²) >= 11 is 0. The number of allylic oxidation sites excluding steroid dienone is 2.